The number of carboxylic acids is 1. The highest BCUT2D eigenvalue weighted by Gasteiger charge is 2.42. The number of aliphatic carboxylic acids is 1. The summed E-state index contributed by atoms with van der Waals surface area (Å²) in [7, 11) is 0. The van der Waals surface area contributed by atoms with Gasteiger partial charge in [-0.2, -0.15) is 0 Å². The van der Waals surface area contributed by atoms with E-state index in [0.717, 1.165) is 11.1 Å². The molecule has 1 fully saturated rings. The number of rotatable bonds is 7. The second-order valence-electron chi connectivity index (χ2n) is 8.66. The van der Waals surface area contributed by atoms with Crippen molar-refractivity contribution in [2.45, 2.75) is 19.3 Å². The standard InChI is InChI=1S/C27H24Cl2N2O5/c28-20-7-10-23(22(29)15-20)31-26(35)30-21-8-5-18(6-9-21)17-1-3-19(4-2-17)24(32)16-27(25(33)34)11-13-36-14-12-27/h1-10,15H,11-14,16H2,(H,33,34)(H2,30,31,35). The minimum absolute atomic E-state index is 0.0469. The summed E-state index contributed by atoms with van der Waals surface area (Å²) in [6.07, 6.45) is 0.614. The van der Waals surface area contributed by atoms with Gasteiger partial charge in [-0.1, -0.05) is 59.6 Å². The van der Waals surface area contributed by atoms with Crippen molar-refractivity contribution in [3.8, 4) is 11.1 Å². The third-order valence-electron chi connectivity index (χ3n) is 6.26. The Hall–Kier alpha value is -3.39. The highest BCUT2D eigenvalue weighted by Crippen LogP contribution is 2.36. The van der Waals surface area contributed by atoms with Crippen LogP contribution in [0.4, 0.5) is 16.2 Å². The fraction of sp³-hybridized carbons (Fsp3) is 0.222. The first kappa shape index (κ1) is 25.7. The zero-order chi connectivity index (χ0) is 25.7. The number of amides is 2. The van der Waals surface area contributed by atoms with E-state index in [2.05, 4.69) is 10.6 Å². The molecule has 0 aromatic heterocycles. The molecule has 3 aromatic rings. The molecule has 1 aliphatic rings. The lowest BCUT2D eigenvalue weighted by Gasteiger charge is -2.32. The Morgan fingerprint density at radius 1 is 0.861 bits per heavy atom. The van der Waals surface area contributed by atoms with Gasteiger partial charge in [0, 0.05) is 35.9 Å². The van der Waals surface area contributed by atoms with Crippen molar-refractivity contribution in [1.82, 2.24) is 0 Å². The van der Waals surface area contributed by atoms with E-state index in [1.165, 1.54) is 0 Å². The van der Waals surface area contributed by atoms with Gasteiger partial charge in [0.2, 0.25) is 0 Å². The molecule has 1 aliphatic heterocycles. The number of ketones is 1. The Labute approximate surface area is 218 Å². The molecule has 0 saturated carbocycles. The summed E-state index contributed by atoms with van der Waals surface area (Å²) < 4.78 is 5.28. The van der Waals surface area contributed by atoms with Crippen LogP contribution in [0.5, 0.6) is 0 Å². The van der Waals surface area contributed by atoms with Crippen molar-refractivity contribution < 1.29 is 24.2 Å². The first-order chi connectivity index (χ1) is 17.3. The minimum atomic E-state index is -1.07. The number of Topliss-reactive ketones (excluding diaryl/α,β-unsaturated/α-hetero) is 1. The largest absolute Gasteiger partial charge is 0.481 e. The van der Waals surface area contributed by atoms with Crippen LogP contribution in [0.1, 0.15) is 29.6 Å². The van der Waals surface area contributed by atoms with Crippen molar-refractivity contribution in [3.05, 3.63) is 82.3 Å². The first-order valence-electron chi connectivity index (χ1n) is 11.3. The van der Waals surface area contributed by atoms with E-state index in [4.69, 9.17) is 27.9 Å². The van der Waals surface area contributed by atoms with Crippen molar-refractivity contribution in [2.75, 3.05) is 23.8 Å². The fourth-order valence-electron chi connectivity index (χ4n) is 4.11. The lowest BCUT2D eigenvalue weighted by molar-refractivity contribution is -0.154. The van der Waals surface area contributed by atoms with Crippen LogP contribution in [0.25, 0.3) is 11.1 Å². The van der Waals surface area contributed by atoms with Crippen molar-refractivity contribution in [1.29, 1.82) is 0 Å². The monoisotopic (exact) mass is 526 g/mol. The van der Waals surface area contributed by atoms with Gasteiger partial charge in [-0.15, -0.1) is 0 Å². The third kappa shape index (κ3) is 6.05. The molecule has 0 bridgehead atoms. The maximum atomic E-state index is 12.8. The number of benzene rings is 3. The van der Waals surface area contributed by atoms with Crippen LogP contribution in [0, 0.1) is 5.41 Å². The number of urea groups is 1. The number of carbonyl (C=O) groups excluding carboxylic acids is 2. The van der Waals surface area contributed by atoms with Crippen LogP contribution < -0.4 is 10.6 Å². The number of ether oxygens (including phenoxy) is 1. The van der Waals surface area contributed by atoms with E-state index in [1.54, 1.807) is 42.5 Å². The summed E-state index contributed by atoms with van der Waals surface area (Å²) in [6.45, 7) is 0.694. The van der Waals surface area contributed by atoms with Crippen LogP contribution in [-0.4, -0.2) is 36.1 Å². The average molecular weight is 527 g/mol. The second-order valence-corrected chi connectivity index (χ2v) is 9.50. The zero-order valence-electron chi connectivity index (χ0n) is 19.2. The number of anilines is 2. The van der Waals surface area contributed by atoms with Gasteiger partial charge in [0.1, 0.15) is 0 Å². The predicted octanol–water partition coefficient (Wildman–Crippen LogP) is 6.76. The summed E-state index contributed by atoms with van der Waals surface area (Å²) in [4.78, 5) is 37.0. The van der Waals surface area contributed by atoms with Gasteiger partial charge in [-0.05, 0) is 54.3 Å². The molecule has 9 heteroatoms. The average Bonchev–Trinajstić information content (AvgIpc) is 2.87. The lowest BCUT2D eigenvalue weighted by Crippen LogP contribution is -2.39. The fourth-order valence-corrected chi connectivity index (χ4v) is 4.56. The molecule has 7 nitrogen and oxygen atoms in total. The Morgan fingerprint density at radius 2 is 1.47 bits per heavy atom. The van der Waals surface area contributed by atoms with Crippen LogP contribution in [0.15, 0.2) is 66.7 Å². The molecular weight excluding hydrogens is 503 g/mol. The van der Waals surface area contributed by atoms with Crippen molar-refractivity contribution >= 4 is 52.4 Å². The van der Waals surface area contributed by atoms with E-state index >= 15 is 0 Å². The van der Waals surface area contributed by atoms with Gasteiger partial charge < -0.3 is 20.5 Å². The van der Waals surface area contributed by atoms with E-state index in [1.807, 2.05) is 24.3 Å². The molecule has 0 aliphatic carbocycles. The summed E-state index contributed by atoms with van der Waals surface area (Å²) in [5.74, 6) is -1.15. The van der Waals surface area contributed by atoms with Gasteiger partial charge >= 0.3 is 12.0 Å². The smallest absolute Gasteiger partial charge is 0.323 e. The molecule has 4 rings (SSSR count). The van der Waals surface area contributed by atoms with Gasteiger partial charge in [-0.3, -0.25) is 9.59 Å². The highest BCUT2D eigenvalue weighted by atomic mass is 35.5. The van der Waals surface area contributed by atoms with Gasteiger partial charge in [0.25, 0.3) is 0 Å². The molecule has 0 radical (unpaired) electrons. The van der Waals surface area contributed by atoms with Gasteiger partial charge in [-0.25, -0.2) is 4.79 Å². The molecule has 3 aromatic carbocycles. The lowest BCUT2D eigenvalue weighted by atomic mass is 9.75. The quantitative estimate of drug-likeness (QED) is 0.295. The number of nitrogens with one attached hydrogen (secondary N) is 2. The van der Waals surface area contributed by atoms with Crippen LogP contribution in [0.3, 0.4) is 0 Å². The maximum absolute atomic E-state index is 12.8. The van der Waals surface area contributed by atoms with Crippen LogP contribution >= 0.6 is 23.2 Å². The first-order valence-corrected chi connectivity index (χ1v) is 12.1. The van der Waals surface area contributed by atoms with Gasteiger partial charge in [0.15, 0.2) is 5.78 Å². The summed E-state index contributed by atoms with van der Waals surface area (Å²) >= 11 is 12.0. The number of carboxylic acid groups (broad SMARTS) is 1. The Balaban J connectivity index is 1.38. The molecule has 0 atom stereocenters. The Morgan fingerprint density at radius 3 is 2.06 bits per heavy atom. The normalized spacial score (nSPS) is 14.6. The second kappa shape index (κ2) is 11.1. The molecule has 3 N–H and O–H groups in total. The molecule has 36 heavy (non-hydrogen) atoms. The number of carbonyl (C=O) groups is 3. The predicted molar refractivity (Wildman–Crippen MR) is 140 cm³/mol. The molecule has 2 amide bonds. The van der Waals surface area contributed by atoms with Crippen molar-refractivity contribution in [2.24, 2.45) is 5.41 Å². The van der Waals surface area contributed by atoms with Crippen LogP contribution in [-0.2, 0) is 9.53 Å². The minimum Gasteiger partial charge on any atom is -0.481 e. The molecule has 1 heterocycles. The zero-order valence-corrected chi connectivity index (χ0v) is 20.7. The maximum Gasteiger partial charge on any atom is 0.323 e. The number of hydrogen-bond acceptors (Lipinski definition) is 4. The van der Waals surface area contributed by atoms with E-state index in [-0.39, 0.29) is 12.2 Å². The Bertz CT molecular complexity index is 1270. The van der Waals surface area contributed by atoms with Crippen molar-refractivity contribution in [3.63, 3.8) is 0 Å². The molecule has 0 unspecified atom stereocenters. The molecule has 0 spiro atoms. The summed E-state index contributed by atoms with van der Waals surface area (Å²) in [5, 5.41) is 15.9. The highest BCUT2D eigenvalue weighted by molar-refractivity contribution is 6.36. The van der Waals surface area contributed by atoms with E-state index < -0.39 is 17.4 Å². The Kier molecular flexibility index (Phi) is 7.94. The van der Waals surface area contributed by atoms with Crippen LogP contribution in [0.2, 0.25) is 10.0 Å². The summed E-state index contributed by atoms with van der Waals surface area (Å²) in [6, 6.07) is 18.6. The number of halogens is 2. The van der Waals surface area contributed by atoms with Gasteiger partial charge in [0.05, 0.1) is 16.1 Å². The SMILES string of the molecule is O=C(Nc1ccc(-c2ccc(C(=O)CC3(C(=O)O)CCOCC3)cc2)cc1)Nc1ccc(Cl)cc1Cl. The summed E-state index contributed by atoms with van der Waals surface area (Å²) in [5.41, 5.74) is 2.21. The molecule has 1 saturated heterocycles. The molecular formula is C27H24Cl2N2O5. The third-order valence-corrected chi connectivity index (χ3v) is 6.81. The topological polar surface area (TPSA) is 105 Å². The number of hydrogen-bond donors (Lipinski definition) is 3. The molecule has 186 valence electrons. The van der Waals surface area contributed by atoms with E-state index in [9.17, 15) is 19.5 Å². The van der Waals surface area contributed by atoms with E-state index in [0.29, 0.717) is 53.0 Å².